The highest BCUT2D eigenvalue weighted by Crippen LogP contribution is 2.17. The van der Waals surface area contributed by atoms with Crippen molar-refractivity contribution in [3.05, 3.63) is 35.9 Å². The van der Waals surface area contributed by atoms with Crippen molar-refractivity contribution in [2.75, 3.05) is 26.2 Å². The van der Waals surface area contributed by atoms with Gasteiger partial charge >= 0.3 is 6.09 Å². The summed E-state index contributed by atoms with van der Waals surface area (Å²) in [6.45, 7) is 11.5. The lowest BCUT2D eigenvalue weighted by Gasteiger charge is -2.36. The minimum Gasteiger partial charge on any atom is -0.446 e. The molecule has 1 unspecified atom stereocenters. The molecule has 0 bridgehead atoms. The first-order valence-corrected chi connectivity index (χ1v) is 10.7. The number of ether oxygens (including phenoxy) is 1. The Labute approximate surface area is 179 Å². The highest BCUT2D eigenvalue weighted by atomic mass is 16.6. The van der Waals surface area contributed by atoms with E-state index in [9.17, 15) is 14.4 Å². The molecule has 1 fully saturated rings. The van der Waals surface area contributed by atoms with Crippen LogP contribution in [0.1, 0.15) is 40.2 Å². The standard InChI is InChI=1S/C23H35N3O4/c1-16(2)21(17(3)4)30-23(29)24-20(15-19-9-7-6-8-10-19)22(28)26-13-11-25(12-14-26)18(5)27/h6-10,16-17,20-21H,11-15H2,1-5H3,(H,24,29). The van der Waals surface area contributed by atoms with Crippen molar-refractivity contribution in [3.63, 3.8) is 0 Å². The number of benzene rings is 1. The van der Waals surface area contributed by atoms with E-state index >= 15 is 0 Å². The lowest BCUT2D eigenvalue weighted by Crippen LogP contribution is -2.56. The molecule has 1 aromatic carbocycles. The zero-order chi connectivity index (χ0) is 22.3. The van der Waals surface area contributed by atoms with E-state index in [0.717, 1.165) is 5.56 Å². The first-order chi connectivity index (χ1) is 14.2. The predicted octanol–water partition coefficient (Wildman–Crippen LogP) is 2.70. The number of amides is 3. The van der Waals surface area contributed by atoms with Gasteiger partial charge in [-0.15, -0.1) is 0 Å². The average molecular weight is 418 g/mol. The van der Waals surface area contributed by atoms with Crippen molar-refractivity contribution in [1.29, 1.82) is 0 Å². The van der Waals surface area contributed by atoms with Gasteiger partial charge in [0.1, 0.15) is 12.1 Å². The zero-order valence-electron chi connectivity index (χ0n) is 18.8. The summed E-state index contributed by atoms with van der Waals surface area (Å²) in [6.07, 6.45) is -0.411. The van der Waals surface area contributed by atoms with Crippen molar-refractivity contribution >= 4 is 17.9 Å². The molecule has 1 N–H and O–H groups in total. The van der Waals surface area contributed by atoms with Crippen molar-refractivity contribution in [3.8, 4) is 0 Å². The van der Waals surface area contributed by atoms with E-state index in [1.165, 1.54) is 6.92 Å². The normalized spacial score (nSPS) is 15.5. The molecule has 0 spiro atoms. The molecule has 7 heteroatoms. The predicted molar refractivity (Wildman–Crippen MR) is 116 cm³/mol. The third kappa shape index (κ3) is 6.75. The van der Waals surface area contributed by atoms with Gasteiger partial charge in [0.15, 0.2) is 0 Å². The molecular formula is C23H35N3O4. The van der Waals surface area contributed by atoms with Gasteiger partial charge in [-0.25, -0.2) is 4.79 Å². The SMILES string of the molecule is CC(=O)N1CCN(C(=O)C(Cc2ccccc2)NC(=O)OC(C(C)C)C(C)C)CC1. The minimum atomic E-state index is -0.719. The number of nitrogens with one attached hydrogen (secondary N) is 1. The number of rotatable bonds is 7. The van der Waals surface area contributed by atoms with Gasteiger partial charge in [0, 0.05) is 39.5 Å². The summed E-state index contributed by atoms with van der Waals surface area (Å²) >= 11 is 0. The van der Waals surface area contributed by atoms with Gasteiger partial charge in [-0.05, 0) is 17.4 Å². The van der Waals surface area contributed by atoms with E-state index in [0.29, 0.717) is 32.6 Å². The Morgan fingerprint density at radius 2 is 1.47 bits per heavy atom. The van der Waals surface area contributed by atoms with Gasteiger partial charge in [0.2, 0.25) is 11.8 Å². The topological polar surface area (TPSA) is 79.0 Å². The Bertz CT molecular complexity index is 704. The second-order valence-electron chi connectivity index (χ2n) is 8.58. The van der Waals surface area contributed by atoms with Crippen LogP contribution in [0.3, 0.4) is 0 Å². The van der Waals surface area contributed by atoms with E-state index in [2.05, 4.69) is 5.32 Å². The summed E-state index contributed by atoms with van der Waals surface area (Å²) in [5, 5.41) is 2.80. The number of nitrogens with zero attached hydrogens (tertiary/aromatic N) is 2. The fourth-order valence-corrected chi connectivity index (χ4v) is 3.85. The van der Waals surface area contributed by atoms with Crippen LogP contribution in [0.25, 0.3) is 0 Å². The number of hydrogen-bond acceptors (Lipinski definition) is 4. The smallest absolute Gasteiger partial charge is 0.408 e. The van der Waals surface area contributed by atoms with E-state index in [1.54, 1.807) is 9.80 Å². The summed E-state index contributed by atoms with van der Waals surface area (Å²) in [7, 11) is 0. The molecule has 0 aromatic heterocycles. The van der Waals surface area contributed by atoms with Gasteiger partial charge < -0.3 is 19.9 Å². The van der Waals surface area contributed by atoms with Gasteiger partial charge in [-0.2, -0.15) is 0 Å². The van der Waals surface area contributed by atoms with Gasteiger partial charge in [-0.3, -0.25) is 9.59 Å². The van der Waals surface area contributed by atoms with Gasteiger partial charge in [0.05, 0.1) is 0 Å². The van der Waals surface area contributed by atoms with Crippen LogP contribution in [0, 0.1) is 11.8 Å². The lowest BCUT2D eigenvalue weighted by molar-refractivity contribution is -0.139. The molecule has 166 valence electrons. The monoisotopic (exact) mass is 417 g/mol. The average Bonchev–Trinajstić information content (AvgIpc) is 2.71. The minimum absolute atomic E-state index is 0.0121. The Hall–Kier alpha value is -2.57. The molecule has 3 amide bonds. The second kappa shape index (κ2) is 11.0. The van der Waals surface area contributed by atoms with Gasteiger partial charge in [0.25, 0.3) is 0 Å². The quantitative estimate of drug-likeness (QED) is 0.740. The number of carbonyl (C=O) groups excluding carboxylic acids is 3. The molecule has 1 aliphatic rings. The highest BCUT2D eigenvalue weighted by Gasteiger charge is 2.31. The molecule has 7 nitrogen and oxygen atoms in total. The summed E-state index contributed by atoms with van der Waals surface area (Å²) in [6, 6.07) is 8.89. The van der Waals surface area contributed by atoms with E-state index in [1.807, 2.05) is 58.0 Å². The van der Waals surface area contributed by atoms with Crippen LogP contribution in [-0.4, -0.2) is 66.0 Å². The lowest BCUT2D eigenvalue weighted by atomic mass is 9.96. The zero-order valence-corrected chi connectivity index (χ0v) is 18.8. The molecular weight excluding hydrogens is 382 g/mol. The molecule has 1 aromatic rings. The Morgan fingerprint density at radius 3 is 1.97 bits per heavy atom. The Morgan fingerprint density at radius 1 is 0.933 bits per heavy atom. The largest absolute Gasteiger partial charge is 0.446 e. The number of carbonyl (C=O) groups is 3. The Kier molecular flexibility index (Phi) is 8.69. The molecule has 1 aliphatic heterocycles. The fraction of sp³-hybridized carbons (Fsp3) is 0.609. The van der Waals surface area contributed by atoms with Crippen molar-refractivity contribution in [2.24, 2.45) is 11.8 Å². The van der Waals surface area contributed by atoms with Crippen LogP contribution in [-0.2, 0) is 20.7 Å². The summed E-state index contributed by atoms with van der Waals surface area (Å²) in [4.78, 5) is 40.9. The first-order valence-electron chi connectivity index (χ1n) is 10.7. The molecule has 0 radical (unpaired) electrons. The summed E-state index contributed by atoms with van der Waals surface area (Å²) in [5.41, 5.74) is 0.961. The molecule has 0 aliphatic carbocycles. The van der Waals surface area contributed by atoms with Crippen LogP contribution in [0.4, 0.5) is 4.79 Å². The van der Waals surface area contributed by atoms with Crippen LogP contribution in [0.2, 0.25) is 0 Å². The van der Waals surface area contributed by atoms with Crippen LogP contribution >= 0.6 is 0 Å². The number of alkyl carbamates (subject to hydrolysis) is 1. The van der Waals surface area contributed by atoms with Gasteiger partial charge in [-0.1, -0.05) is 58.0 Å². The number of hydrogen-bond donors (Lipinski definition) is 1. The molecule has 1 saturated heterocycles. The molecule has 1 atom stereocenters. The van der Waals surface area contributed by atoms with Crippen molar-refractivity contribution < 1.29 is 19.1 Å². The Balaban J connectivity index is 2.09. The molecule has 0 saturated carbocycles. The van der Waals surface area contributed by atoms with E-state index in [4.69, 9.17) is 4.74 Å². The number of piperazine rings is 1. The van der Waals surface area contributed by atoms with Crippen LogP contribution < -0.4 is 5.32 Å². The van der Waals surface area contributed by atoms with E-state index in [-0.39, 0.29) is 29.8 Å². The molecule has 1 heterocycles. The molecule has 2 rings (SSSR count). The second-order valence-corrected chi connectivity index (χ2v) is 8.58. The third-order valence-corrected chi connectivity index (χ3v) is 5.47. The summed E-state index contributed by atoms with van der Waals surface area (Å²) in [5.74, 6) is 0.222. The van der Waals surface area contributed by atoms with E-state index < -0.39 is 12.1 Å². The van der Waals surface area contributed by atoms with Crippen LogP contribution in [0.5, 0.6) is 0 Å². The first kappa shape index (κ1) is 23.7. The maximum absolute atomic E-state index is 13.2. The molecule has 30 heavy (non-hydrogen) atoms. The summed E-state index contributed by atoms with van der Waals surface area (Å²) < 4.78 is 5.65. The van der Waals surface area contributed by atoms with Crippen molar-refractivity contribution in [1.82, 2.24) is 15.1 Å². The maximum atomic E-state index is 13.2. The van der Waals surface area contributed by atoms with Crippen LogP contribution in [0.15, 0.2) is 30.3 Å². The maximum Gasteiger partial charge on any atom is 0.408 e. The third-order valence-electron chi connectivity index (χ3n) is 5.47. The highest BCUT2D eigenvalue weighted by molar-refractivity contribution is 5.86. The fourth-order valence-electron chi connectivity index (χ4n) is 3.85. The van der Waals surface area contributed by atoms with Crippen molar-refractivity contribution in [2.45, 2.75) is 53.2 Å².